The van der Waals surface area contributed by atoms with Crippen molar-refractivity contribution in [3.05, 3.63) is 0 Å². The summed E-state index contributed by atoms with van der Waals surface area (Å²) >= 11 is 0. The van der Waals surface area contributed by atoms with Crippen LogP contribution < -0.4 is 5.32 Å². The Hall–Kier alpha value is -1.10. The van der Waals surface area contributed by atoms with Crippen LogP contribution in [0.4, 0.5) is 0 Å². The Bertz CT molecular complexity index is 320. The molecule has 0 aromatic rings. The number of nitrogens with zero attached hydrogens (tertiary/aromatic N) is 1. The second-order valence-corrected chi connectivity index (χ2v) is 5.55. The van der Waals surface area contributed by atoms with E-state index in [1.165, 1.54) is 0 Å². The van der Waals surface area contributed by atoms with E-state index in [1.807, 2.05) is 18.7 Å². The topological polar surface area (TPSA) is 69.6 Å². The van der Waals surface area contributed by atoms with Crippen LogP contribution in [0.15, 0.2) is 0 Å². The summed E-state index contributed by atoms with van der Waals surface area (Å²) in [4.78, 5) is 25.1. The van der Waals surface area contributed by atoms with Crippen molar-refractivity contribution in [3.63, 3.8) is 0 Å². The molecule has 1 amide bonds. The molecule has 0 saturated carbocycles. The lowest BCUT2D eigenvalue weighted by Crippen LogP contribution is -2.51. The molecule has 0 aromatic heterocycles. The molecule has 3 atom stereocenters. The number of carbonyl (C=O) groups is 2. The number of carboxylic acid groups (broad SMARTS) is 1. The first-order valence-corrected chi connectivity index (χ1v) is 7.23. The maximum Gasteiger partial charge on any atom is 0.307 e. The minimum absolute atomic E-state index is 0.00647. The molecule has 0 aromatic carbocycles. The highest BCUT2D eigenvalue weighted by Crippen LogP contribution is 2.18. The van der Waals surface area contributed by atoms with Crippen molar-refractivity contribution in [2.75, 3.05) is 13.1 Å². The lowest BCUT2D eigenvalue weighted by Gasteiger charge is -2.34. The number of hydrogen-bond donors (Lipinski definition) is 2. The Morgan fingerprint density at radius 2 is 2.11 bits per heavy atom. The van der Waals surface area contributed by atoms with Crippen molar-refractivity contribution in [1.82, 2.24) is 10.2 Å². The molecular weight excluding hydrogens is 244 g/mol. The van der Waals surface area contributed by atoms with E-state index in [0.29, 0.717) is 13.0 Å². The molecule has 1 aliphatic rings. The van der Waals surface area contributed by atoms with E-state index >= 15 is 0 Å². The molecule has 1 aliphatic heterocycles. The molecule has 5 heteroatoms. The SMILES string of the molecule is CCC[C@H](C)NC(=O)[C@H](C)N1CCC[C@@H](C(=O)O)C1. The molecule has 1 rings (SSSR count). The average molecular weight is 270 g/mol. The van der Waals surface area contributed by atoms with Gasteiger partial charge in [-0.1, -0.05) is 13.3 Å². The molecule has 0 bridgehead atoms. The Morgan fingerprint density at radius 3 is 2.68 bits per heavy atom. The van der Waals surface area contributed by atoms with Gasteiger partial charge < -0.3 is 10.4 Å². The fourth-order valence-electron chi connectivity index (χ4n) is 2.59. The van der Waals surface area contributed by atoms with Gasteiger partial charge in [0.25, 0.3) is 0 Å². The summed E-state index contributed by atoms with van der Waals surface area (Å²) in [5, 5.41) is 12.1. The number of carbonyl (C=O) groups excluding carboxylic acids is 1. The lowest BCUT2D eigenvalue weighted by molar-refractivity contribution is -0.145. The maximum atomic E-state index is 12.1. The van der Waals surface area contributed by atoms with Crippen molar-refractivity contribution in [2.24, 2.45) is 5.92 Å². The van der Waals surface area contributed by atoms with E-state index in [9.17, 15) is 9.59 Å². The van der Waals surface area contributed by atoms with Gasteiger partial charge in [-0.3, -0.25) is 14.5 Å². The number of piperidine rings is 1. The molecule has 1 fully saturated rings. The molecule has 0 radical (unpaired) electrons. The van der Waals surface area contributed by atoms with Crippen LogP contribution in [0.2, 0.25) is 0 Å². The molecule has 0 unspecified atom stereocenters. The van der Waals surface area contributed by atoms with E-state index < -0.39 is 5.97 Å². The van der Waals surface area contributed by atoms with E-state index in [-0.39, 0.29) is 23.9 Å². The van der Waals surface area contributed by atoms with Gasteiger partial charge in [0.2, 0.25) is 5.91 Å². The third-order valence-corrected chi connectivity index (χ3v) is 3.84. The standard InChI is InChI=1S/C14H26N2O3/c1-4-6-10(2)15-13(17)11(3)16-8-5-7-12(9-16)14(18)19/h10-12H,4-9H2,1-3H3,(H,15,17)(H,18,19)/t10-,11-,12+/m0/s1. The van der Waals surface area contributed by atoms with Crippen LogP contribution >= 0.6 is 0 Å². The average Bonchev–Trinajstić information content (AvgIpc) is 2.38. The first-order valence-electron chi connectivity index (χ1n) is 7.23. The first-order chi connectivity index (χ1) is 8.95. The van der Waals surface area contributed by atoms with Gasteiger partial charge in [-0.15, -0.1) is 0 Å². The zero-order valence-corrected chi connectivity index (χ0v) is 12.2. The maximum absolute atomic E-state index is 12.1. The van der Waals surface area contributed by atoms with Gasteiger partial charge in [-0.25, -0.2) is 0 Å². The molecular formula is C14H26N2O3. The van der Waals surface area contributed by atoms with Gasteiger partial charge in [-0.05, 0) is 39.7 Å². The summed E-state index contributed by atoms with van der Waals surface area (Å²) in [7, 11) is 0. The third kappa shape index (κ3) is 4.82. The summed E-state index contributed by atoms with van der Waals surface area (Å²) in [5.74, 6) is -1.08. The highest BCUT2D eigenvalue weighted by Gasteiger charge is 2.30. The first kappa shape index (κ1) is 16.0. The van der Waals surface area contributed by atoms with Crippen LogP contribution in [0.5, 0.6) is 0 Å². The Labute approximate surface area is 115 Å². The molecule has 1 saturated heterocycles. The largest absolute Gasteiger partial charge is 0.481 e. The summed E-state index contributed by atoms with van der Waals surface area (Å²) in [6, 6.07) is -0.0681. The minimum atomic E-state index is -0.753. The van der Waals surface area contributed by atoms with Gasteiger partial charge in [0, 0.05) is 12.6 Å². The quantitative estimate of drug-likeness (QED) is 0.767. The molecule has 0 aliphatic carbocycles. The third-order valence-electron chi connectivity index (χ3n) is 3.84. The van der Waals surface area contributed by atoms with Gasteiger partial charge in [-0.2, -0.15) is 0 Å². The van der Waals surface area contributed by atoms with E-state index in [0.717, 1.165) is 25.8 Å². The number of rotatable bonds is 6. The predicted octanol–water partition coefficient (Wildman–Crippen LogP) is 1.48. The van der Waals surface area contributed by atoms with Crippen LogP contribution in [0.3, 0.4) is 0 Å². The van der Waals surface area contributed by atoms with Crippen molar-refractivity contribution in [3.8, 4) is 0 Å². The number of aliphatic carboxylic acids is 1. The number of nitrogens with one attached hydrogen (secondary N) is 1. The smallest absolute Gasteiger partial charge is 0.307 e. The highest BCUT2D eigenvalue weighted by atomic mass is 16.4. The Balaban J connectivity index is 2.49. The monoisotopic (exact) mass is 270 g/mol. The Morgan fingerprint density at radius 1 is 1.42 bits per heavy atom. The summed E-state index contributed by atoms with van der Waals surface area (Å²) < 4.78 is 0. The highest BCUT2D eigenvalue weighted by molar-refractivity contribution is 5.81. The number of hydrogen-bond acceptors (Lipinski definition) is 3. The van der Waals surface area contributed by atoms with Crippen molar-refractivity contribution in [2.45, 2.75) is 58.5 Å². The fourth-order valence-corrected chi connectivity index (χ4v) is 2.59. The molecule has 110 valence electrons. The second-order valence-electron chi connectivity index (χ2n) is 5.55. The van der Waals surface area contributed by atoms with E-state index in [2.05, 4.69) is 12.2 Å². The van der Waals surface area contributed by atoms with Gasteiger partial charge in [0.05, 0.1) is 12.0 Å². The van der Waals surface area contributed by atoms with E-state index in [1.54, 1.807) is 0 Å². The van der Waals surface area contributed by atoms with Crippen LogP contribution in [-0.4, -0.2) is 47.1 Å². The van der Waals surface area contributed by atoms with Crippen LogP contribution in [0.1, 0.15) is 46.5 Å². The van der Waals surface area contributed by atoms with Crippen molar-refractivity contribution in [1.29, 1.82) is 0 Å². The minimum Gasteiger partial charge on any atom is -0.481 e. The van der Waals surface area contributed by atoms with Crippen LogP contribution in [0, 0.1) is 5.92 Å². The summed E-state index contributed by atoms with van der Waals surface area (Å²) in [6.45, 7) is 7.24. The summed E-state index contributed by atoms with van der Waals surface area (Å²) in [5.41, 5.74) is 0. The van der Waals surface area contributed by atoms with Crippen LogP contribution in [-0.2, 0) is 9.59 Å². The predicted molar refractivity (Wildman–Crippen MR) is 73.9 cm³/mol. The lowest BCUT2D eigenvalue weighted by atomic mass is 9.97. The number of amides is 1. The van der Waals surface area contributed by atoms with E-state index in [4.69, 9.17) is 5.11 Å². The van der Waals surface area contributed by atoms with Crippen LogP contribution in [0.25, 0.3) is 0 Å². The van der Waals surface area contributed by atoms with Gasteiger partial charge in [0.1, 0.15) is 0 Å². The molecule has 0 spiro atoms. The number of carboxylic acids is 1. The number of likely N-dealkylation sites (tertiary alicyclic amines) is 1. The Kier molecular flexibility index (Phi) is 6.28. The molecule has 19 heavy (non-hydrogen) atoms. The molecule has 2 N–H and O–H groups in total. The fraction of sp³-hybridized carbons (Fsp3) is 0.857. The van der Waals surface area contributed by atoms with Crippen molar-refractivity contribution >= 4 is 11.9 Å². The molecule has 5 nitrogen and oxygen atoms in total. The second kappa shape index (κ2) is 7.48. The van der Waals surface area contributed by atoms with Crippen molar-refractivity contribution < 1.29 is 14.7 Å². The molecule has 1 heterocycles. The summed E-state index contributed by atoms with van der Waals surface area (Å²) in [6.07, 6.45) is 3.57. The zero-order chi connectivity index (χ0) is 14.4. The van der Waals surface area contributed by atoms with Gasteiger partial charge in [0.15, 0.2) is 0 Å². The van der Waals surface area contributed by atoms with Gasteiger partial charge >= 0.3 is 5.97 Å². The normalized spacial score (nSPS) is 23.6. The zero-order valence-electron chi connectivity index (χ0n) is 12.2.